The van der Waals surface area contributed by atoms with Gasteiger partial charge in [-0.15, -0.1) is 0 Å². The average molecular weight is 316 g/mol. The van der Waals surface area contributed by atoms with Crippen LogP contribution in [-0.2, 0) is 4.74 Å². The number of aromatic nitrogens is 1. The highest BCUT2D eigenvalue weighted by atomic mass is 35.5. The number of nitrogens with two attached hydrogens (primary N) is 1. The van der Waals surface area contributed by atoms with E-state index in [9.17, 15) is 4.79 Å². The summed E-state index contributed by atoms with van der Waals surface area (Å²) in [4.78, 5) is 18.5. The molecule has 110 valence electrons. The second kappa shape index (κ2) is 7.15. The molecule has 20 heavy (non-hydrogen) atoms. The van der Waals surface area contributed by atoms with Crippen molar-refractivity contribution in [1.82, 2.24) is 9.88 Å². The first-order valence-corrected chi connectivity index (χ1v) is 7.95. The molecule has 1 atom stereocenters. The maximum Gasteiger partial charge on any atom is 0.257 e. The van der Waals surface area contributed by atoms with Crippen LogP contribution in [0.1, 0.15) is 16.8 Å². The van der Waals surface area contributed by atoms with Crippen LogP contribution in [0.15, 0.2) is 12.3 Å². The third kappa shape index (κ3) is 3.56. The smallest absolute Gasteiger partial charge is 0.257 e. The molecule has 0 bridgehead atoms. The van der Waals surface area contributed by atoms with Crippen LogP contribution >= 0.6 is 23.4 Å². The van der Waals surface area contributed by atoms with Crippen molar-refractivity contribution in [2.45, 2.75) is 12.5 Å². The fraction of sp³-hybridized carbons (Fsp3) is 0.538. The lowest BCUT2D eigenvalue weighted by atomic mass is 10.1. The summed E-state index contributed by atoms with van der Waals surface area (Å²) in [6, 6.07) is 1.81. The van der Waals surface area contributed by atoms with Gasteiger partial charge in [-0.1, -0.05) is 11.6 Å². The predicted molar refractivity (Wildman–Crippen MR) is 82.3 cm³/mol. The minimum atomic E-state index is -0.126. The number of rotatable bonds is 5. The molecular weight excluding hydrogens is 298 g/mol. The lowest BCUT2D eigenvalue weighted by Gasteiger charge is -2.28. The number of carbonyl (C=O) groups is 1. The molecule has 1 aromatic heterocycles. The van der Waals surface area contributed by atoms with Gasteiger partial charge in [-0.25, -0.2) is 4.98 Å². The van der Waals surface area contributed by atoms with E-state index in [1.807, 2.05) is 16.7 Å². The highest BCUT2D eigenvalue weighted by Crippen LogP contribution is 2.25. The van der Waals surface area contributed by atoms with E-state index < -0.39 is 0 Å². The van der Waals surface area contributed by atoms with Crippen LogP contribution in [0.4, 0.5) is 5.69 Å². The number of halogens is 1. The van der Waals surface area contributed by atoms with Gasteiger partial charge in [-0.05, 0) is 18.2 Å². The Morgan fingerprint density at radius 1 is 1.70 bits per heavy atom. The van der Waals surface area contributed by atoms with Gasteiger partial charge in [0.25, 0.3) is 5.91 Å². The Labute approximate surface area is 127 Å². The number of carbonyl (C=O) groups excluding carboxylic acids is 1. The summed E-state index contributed by atoms with van der Waals surface area (Å²) in [5, 5.41) is 0.192. The van der Waals surface area contributed by atoms with Crippen molar-refractivity contribution in [3.05, 3.63) is 23.0 Å². The van der Waals surface area contributed by atoms with Crippen molar-refractivity contribution >= 4 is 35.0 Å². The topological polar surface area (TPSA) is 68.5 Å². The Hall–Kier alpha value is -0.980. The summed E-state index contributed by atoms with van der Waals surface area (Å²) >= 11 is 7.88. The second-order valence-electron chi connectivity index (χ2n) is 4.62. The first kappa shape index (κ1) is 15.4. The van der Waals surface area contributed by atoms with E-state index in [4.69, 9.17) is 22.1 Å². The van der Waals surface area contributed by atoms with Crippen molar-refractivity contribution in [2.24, 2.45) is 0 Å². The van der Waals surface area contributed by atoms with Gasteiger partial charge >= 0.3 is 0 Å². The van der Waals surface area contributed by atoms with Gasteiger partial charge in [0.1, 0.15) is 5.15 Å². The zero-order valence-electron chi connectivity index (χ0n) is 11.3. The molecule has 0 radical (unpaired) electrons. The molecule has 5 nitrogen and oxygen atoms in total. The van der Waals surface area contributed by atoms with Crippen LogP contribution in [0.3, 0.4) is 0 Å². The second-order valence-corrected chi connectivity index (χ2v) is 6.12. The number of anilines is 1. The molecule has 2 N–H and O–H groups in total. The SMILES string of the molecule is COCCN(C(=O)c1cc(N)cnc1Cl)C1CCSC1. The number of thioether (sulfide) groups is 1. The number of pyridine rings is 1. The minimum Gasteiger partial charge on any atom is -0.397 e. The average Bonchev–Trinajstić information content (AvgIpc) is 2.95. The predicted octanol–water partition coefficient (Wildman–Crippen LogP) is 1.91. The molecule has 0 spiro atoms. The van der Waals surface area contributed by atoms with Crippen molar-refractivity contribution in [2.75, 3.05) is 37.5 Å². The molecule has 1 aliphatic rings. The van der Waals surface area contributed by atoms with Gasteiger partial charge in [-0.2, -0.15) is 11.8 Å². The Morgan fingerprint density at radius 2 is 2.50 bits per heavy atom. The maximum absolute atomic E-state index is 12.7. The lowest BCUT2D eigenvalue weighted by Crippen LogP contribution is -2.42. The quantitative estimate of drug-likeness (QED) is 0.841. The van der Waals surface area contributed by atoms with Crippen LogP contribution < -0.4 is 5.73 Å². The number of ether oxygens (including phenoxy) is 1. The zero-order valence-corrected chi connectivity index (χ0v) is 12.9. The zero-order chi connectivity index (χ0) is 14.5. The highest BCUT2D eigenvalue weighted by molar-refractivity contribution is 7.99. The third-order valence-corrected chi connectivity index (χ3v) is 4.68. The molecule has 1 aromatic rings. The van der Waals surface area contributed by atoms with Crippen LogP contribution in [0.25, 0.3) is 0 Å². The van der Waals surface area contributed by atoms with Crippen LogP contribution in [0.2, 0.25) is 5.15 Å². The van der Waals surface area contributed by atoms with Gasteiger partial charge < -0.3 is 15.4 Å². The Morgan fingerprint density at radius 3 is 3.15 bits per heavy atom. The molecule has 0 saturated carbocycles. The normalized spacial score (nSPS) is 18.2. The van der Waals surface area contributed by atoms with Gasteiger partial charge in [0, 0.05) is 25.4 Å². The van der Waals surface area contributed by atoms with Gasteiger partial charge in [0.2, 0.25) is 0 Å². The van der Waals surface area contributed by atoms with E-state index in [0.29, 0.717) is 24.4 Å². The molecule has 1 unspecified atom stereocenters. The van der Waals surface area contributed by atoms with Crippen LogP contribution in [-0.4, -0.2) is 53.6 Å². The first-order chi connectivity index (χ1) is 9.63. The summed E-state index contributed by atoms with van der Waals surface area (Å²) in [7, 11) is 1.63. The standard InChI is InChI=1S/C13H18ClN3O2S/c1-19-4-3-17(10-2-5-20-8-10)13(18)11-6-9(15)7-16-12(11)14/h6-7,10H,2-5,8,15H2,1H3. The van der Waals surface area contributed by atoms with E-state index in [0.717, 1.165) is 17.9 Å². The van der Waals surface area contributed by atoms with Crippen molar-refractivity contribution in [3.63, 3.8) is 0 Å². The first-order valence-electron chi connectivity index (χ1n) is 6.42. The molecule has 1 saturated heterocycles. The van der Waals surface area contributed by atoms with Gasteiger partial charge in [-0.3, -0.25) is 4.79 Å². The minimum absolute atomic E-state index is 0.126. The number of nitrogens with zero attached hydrogens (tertiary/aromatic N) is 2. The fourth-order valence-electron chi connectivity index (χ4n) is 2.18. The number of methoxy groups -OCH3 is 1. The van der Waals surface area contributed by atoms with E-state index >= 15 is 0 Å². The highest BCUT2D eigenvalue weighted by Gasteiger charge is 2.29. The molecular formula is C13H18ClN3O2S. The molecule has 1 amide bonds. The summed E-state index contributed by atoms with van der Waals surface area (Å²) < 4.78 is 5.10. The summed E-state index contributed by atoms with van der Waals surface area (Å²) in [6.45, 7) is 1.05. The summed E-state index contributed by atoms with van der Waals surface area (Å²) in [5.74, 6) is 1.90. The molecule has 1 fully saturated rings. The van der Waals surface area contributed by atoms with Crippen molar-refractivity contribution in [1.29, 1.82) is 0 Å². The third-order valence-electron chi connectivity index (χ3n) is 3.23. The van der Waals surface area contributed by atoms with E-state index in [1.165, 1.54) is 6.20 Å². The van der Waals surface area contributed by atoms with E-state index in [-0.39, 0.29) is 17.1 Å². The Balaban J connectivity index is 2.22. The summed E-state index contributed by atoms with van der Waals surface area (Å²) in [6.07, 6.45) is 2.44. The van der Waals surface area contributed by atoms with E-state index in [1.54, 1.807) is 13.2 Å². The summed E-state index contributed by atoms with van der Waals surface area (Å²) in [5.41, 5.74) is 6.49. The molecule has 2 rings (SSSR count). The van der Waals surface area contributed by atoms with Crippen LogP contribution in [0.5, 0.6) is 0 Å². The lowest BCUT2D eigenvalue weighted by molar-refractivity contribution is 0.0624. The molecule has 0 aliphatic carbocycles. The fourth-order valence-corrected chi connectivity index (χ4v) is 3.58. The molecule has 7 heteroatoms. The molecule has 0 aromatic carbocycles. The molecule has 2 heterocycles. The monoisotopic (exact) mass is 315 g/mol. The maximum atomic E-state index is 12.7. The molecule has 1 aliphatic heterocycles. The van der Waals surface area contributed by atoms with Gasteiger partial charge in [0.05, 0.1) is 24.1 Å². The van der Waals surface area contributed by atoms with Crippen LogP contribution in [0, 0.1) is 0 Å². The Kier molecular flexibility index (Phi) is 5.51. The Bertz CT molecular complexity index is 481. The van der Waals surface area contributed by atoms with Crippen molar-refractivity contribution in [3.8, 4) is 0 Å². The van der Waals surface area contributed by atoms with Crippen molar-refractivity contribution < 1.29 is 9.53 Å². The van der Waals surface area contributed by atoms with E-state index in [2.05, 4.69) is 4.98 Å². The number of hydrogen-bond acceptors (Lipinski definition) is 5. The number of nitrogen functional groups attached to an aromatic ring is 1. The number of amides is 1. The van der Waals surface area contributed by atoms with Gasteiger partial charge in [0.15, 0.2) is 0 Å². The number of hydrogen-bond donors (Lipinski definition) is 1. The largest absolute Gasteiger partial charge is 0.397 e.